The van der Waals surface area contributed by atoms with Crippen molar-refractivity contribution >= 4 is 39.3 Å². The Morgan fingerprint density at radius 2 is 1.30 bits per heavy atom. The maximum absolute atomic E-state index is 15.5. The van der Waals surface area contributed by atoms with Gasteiger partial charge in [-0.15, -0.1) is 0 Å². The Labute approximate surface area is 318 Å². The molecular weight excluding hydrogens is 708 g/mol. The Hall–Kier alpha value is -2.62. The highest BCUT2D eigenvalue weighted by molar-refractivity contribution is 7.89. The average molecular weight is 759 g/mol. The minimum Gasteiger partial charge on any atom is -0.461 e. The van der Waals surface area contributed by atoms with Crippen LogP contribution in [0.5, 0.6) is 0 Å². The van der Waals surface area contributed by atoms with Crippen LogP contribution in [0.3, 0.4) is 0 Å². The highest BCUT2D eigenvalue weighted by Gasteiger charge is 2.75. The number of hydrogen-bond acceptors (Lipinski definition) is 7. The number of fused-ring (bicyclic) bond motifs is 1. The molecule has 0 radical (unpaired) electrons. The molecule has 2 aliphatic heterocycles. The Morgan fingerprint density at radius 1 is 0.774 bits per heavy atom. The predicted molar refractivity (Wildman–Crippen MR) is 199 cm³/mol. The Bertz CT molecular complexity index is 1870. The standard InChI is InChI=1S/C43H51ClN2O6S/c1-23-2-5-34(6-3-23)53(49,50)46-9-8-42-32(22-46)21-43(39(42)45-36-20-33(44)4-7-35(36)42,40(47)51-37-28-12-24-10-25(14-28)15-29(37)13-24)41(48)52-38-30-16-26-11-27(18-30)19-31(38)17-26/h2-7,20,24-32,37-39,45H,8-19,21-22H2,1H3/t24?,25?,26?,27?,28?,29?,30?,31?,32-,37?,38?,39+,42-,43?/m0/s1. The van der Waals surface area contributed by atoms with Crippen LogP contribution in [0.25, 0.3) is 0 Å². The molecule has 10 fully saturated rings. The van der Waals surface area contributed by atoms with Crippen LogP contribution in [0.15, 0.2) is 47.4 Å². The number of carbonyl (C=O) groups is 2. The molecule has 2 aromatic rings. The highest BCUT2D eigenvalue weighted by Crippen LogP contribution is 2.66. The van der Waals surface area contributed by atoms with E-state index in [0.29, 0.717) is 35.1 Å². The number of nitrogens with zero attached hydrogens (tertiary/aromatic N) is 1. The first-order valence-electron chi connectivity index (χ1n) is 20.6. The topological polar surface area (TPSA) is 102 Å². The molecule has 1 spiro atoms. The van der Waals surface area contributed by atoms with Gasteiger partial charge in [-0.05, 0) is 167 Å². The van der Waals surface area contributed by atoms with Crippen LogP contribution in [-0.4, -0.2) is 56.0 Å². The van der Waals surface area contributed by atoms with Crippen molar-refractivity contribution in [2.24, 2.45) is 58.7 Å². The van der Waals surface area contributed by atoms with Crippen LogP contribution in [0.4, 0.5) is 5.69 Å². The van der Waals surface area contributed by atoms with Gasteiger partial charge < -0.3 is 14.8 Å². The molecular formula is C43H51ClN2O6S. The second-order valence-corrected chi connectivity index (χ2v) is 21.6. The van der Waals surface area contributed by atoms with Gasteiger partial charge in [0, 0.05) is 29.2 Å². The van der Waals surface area contributed by atoms with Crippen molar-refractivity contribution in [3.05, 3.63) is 58.6 Å². The van der Waals surface area contributed by atoms with Crippen molar-refractivity contribution in [1.82, 2.24) is 4.31 Å². The van der Waals surface area contributed by atoms with E-state index >= 15 is 9.59 Å². The van der Waals surface area contributed by atoms with Gasteiger partial charge in [-0.2, -0.15) is 4.31 Å². The second kappa shape index (κ2) is 11.7. The summed E-state index contributed by atoms with van der Waals surface area (Å²) in [5.41, 5.74) is 0.522. The molecule has 9 saturated carbocycles. The zero-order chi connectivity index (χ0) is 36.0. The van der Waals surface area contributed by atoms with E-state index in [0.717, 1.165) is 91.9 Å². The third-order valence-electron chi connectivity index (χ3n) is 16.4. The first kappa shape index (κ1) is 33.7. The fourth-order valence-electron chi connectivity index (χ4n) is 14.7. The number of carbonyl (C=O) groups excluding carboxylic acids is 2. The Balaban J connectivity index is 0.996. The number of piperidine rings is 1. The molecule has 10 heteroatoms. The normalized spacial score (nSPS) is 44.3. The zero-order valence-electron chi connectivity index (χ0n) is 30.6. The highest BCUT2D eigenvalue weighted by atomic mass is 35.5. The molecule has 8 bridgehead atoms. The number of esters is 2. The van der Waals surface area contributed by atoms with E-state index in [2.05, 4.69) is 5.32 Å². The third-order valence-corrected chi connectivity index (χ3v) is 18.6. The van der Waals surface area contributed by atoms with Crippen LogP contribution in [0.2, 0.25) is 5.02 Å². The van der Waals surface area contributed by atoms with Crippen molar-refractivity contribution in [2.75, 3.05) is 18.4 Å². The summed E-state index contributed by atoms with van der Waals surface area (Å²) in [6.07, 6.45) is 11.7. The van der Waals surface area contributed by atoms with Gasteiger partial charge >= 0.3 is 11.9 Å². The number of hydrogen-bond donors (Lipinski definition) is 1. The second-order valence-electron chi connectivity index (χ2n) is 19.2. The minimum atomic E-state index is -3.82. The summed E-state index contributed by atoms with van der Waals surface area (Å²) in [4.78, 5) is 31.2. The van der Waals surface area contributed by atoms with Crippen molar-refractivity contribution in [1.29, 1.82) is 0 Å². The first-order valence-corrected chi connectivity index (χ1v) is 22.4. The molecule has 53 heavy (non-hydrogen) atoms. The van der Waals surface area contributed by atoms with Gasteiger partial charge in [0.05, 0.1) is 10.9 Å². The molecule has 0 aromatic heterocycles. The van der Waals surface area contributed by atoms with Gasteiger partial charge in [0.15, 0.2) is 5.41 Å². The van der Waals surface area contributed by atoms with Gasteiger partial charge in [-0.1, -0.05) is 35.4 Å². The van der Waals surface area contributed by atoms with E-state index in [9.17, 15) is 8.42 Å². The SMILES string of the molecule is Cc1ccc(S(=O)(=O)N2CC[C@]34c5ccc(Cl)cc5N[C@H]3C(C(=O)OC3C5CC6CC(C5)CC3C6)(C(=O)OC3C5CC6CC(C5)CC3C6)C[C@H]4C2)cc1. The van der Waals surface area contributed by atoms with Crippen LogP contribution >= 0.6 is 11.6 Å². The lowest BCUT2D eigenvalue weighted by Gasteiger charge is -2.54. The summed E-state index contributed by atoms with van der Waals surface area (Å²) >= 11 is 6.60. The minimum absolute atomic E-state index is 0.184. The molecule has 3 atom stereocenters. The summed E-state index contributed by atoms with van der Waals surface area (Å²) < 4.78 is 43.6. The number of aryl methyl sites for hydroxylation is 1. The van der Waals surface area contributed by atoms with Crippen LogP contribution in [-0.2, 0) is 34.5 Å². The third kappa shape index (κ3) is 4.84. The number of anilines is 1. The van der Waals surface area contributed by atoms with Gasteiger partial charge in [0.2, 0.25) is 10.0 Å². The average Bonchev–Trinajstić information content (AvgIpc) is 3.59. The van der Waals surface area contributed by atoms with E-state index in [-0.39, 0.29) is 42.5 Å². The number of ether oxygens (including phenoxy) is 2. The maximum atomic E-state index is 15.5. The van der Waals surface area contributed by atoms with Crippen LogP contribution < -0.4 is 5.32 Å². The van der Waals surface area contributed by atoms with Crippen molar-refractivity contribution in [3.8, 4) is 0 Å². The molecule has 9 aliphatic carbocycles. The van der Waals surface area contributed by atoms with Crippen LogP contribution in [0, 0.1) is 65.6 Å². The van der Waals surface area contributed by atoms with Gasteiger partial charge in [-0.25, -0.2) is 8.42 Å². The van der Waals surface area contributed by atoms with Crippen LogP contribution in [0.1, 0.15) is 88.2 Å². The summed E-state index contributed by atoms with van der Waals surface area (Å²) in [7, 11) is -3.82. The van der Waals surface area contributed by atoms with Gasteiger partial charge in [-0.3, -0.25) is 9.59 Å². The van der Waals surface area contributed by atoms with E-state index in [4.69, 9.17) is 21.1 Å². The molecule has 11 aliphatic rings. The molecule has 1 N–H and O–H groups in total. The van der Waals surface area contributed by atoms with E-state index in [1.54, 1.807) is 16.4 Å². The number of benzene rings is 2. The summed E-state index contributed by atoms with van der Waals surface area (Å²) in [6.45, 7) is 2.42. The van der Waals surface area contributed by atoms with E-state index in [1.807, 2.05) is 37.3 Å². The van der Waals surface area contributed by atoms with E-state index in [1.165, 1.54) is 12.8 Å². The number of nitrogens with one attached hydrogen (secondary N) is 1. The number of halogens is 1. The maximum Gasteiger partial charge on any atom is 0.325 e. The fraction of sp³-hybridized carbons (Fsp3) is 0.674. The smallest absolute Gasteiger partial charge is 0.325 e. The molecule has 2 heterocycles. The zero-order valence-corrected chi connectivity index (χ0v) is 32.1. The lowest BCUT2D eigenvalue weighted by Crippen LogP contribution is -2.59. The molecule has 8 nitrogen and oxygen atoms in total. The van der Waals surface area contributed by atoms with E-state index < -0.39 is 38.8 Å². The van der Waals surface area contributed by atoms with Crippen molar-refractivity contribution in [3.63, 3.8) is 0 Å². The lowest BCUT2D eigenvalue weighted by molar-refractivity contribution is -0.199. The summed E-state index contributed by atoms with van der Waals surface area (Å²) in [5, 5.41) is 4.29. The molecule has 2 aromatic carbocycles. The first-order chi connectivity index (χ1) is 25.5. The molecule has 0 unspecified atom stereocenters. The lowest BCUT2D eigenvalue weighted by atomic mass is 9.55. The fourth-order valence-corrected chi connectivity index (χ4v) is 16.4. The molecule has 1 saturated heterocycles. The predicted octanol–water partition coefficient (Wildman–Crippen LogP) is 7.52. The molecule has 13 rings (SSSR count). The largest absolute Gasteiger partial charge is 0.461 e. The van der Waals surface area contributed by atoms with Gasteiger partial charge in [0.1, 0.15) is 12.2 Å². The quantitative estimate of drug-likeness (QED) is 0.240. The Morgan fingerprint density at radius 3 is 1.83 bits per heavy atom. The summed E-state index contributed by atoms with van der Waals surface area (Å²) in [6, 6.07) is 12.2. The van der Waals surface area contributed by atoms with Crippen molar-refractivity contribution in [2.45, 2.75) is 113 Å². The molecule has 0 amide bonds. The van der Waals surface area contributed by atoms with Gasteiger partial charge in [0.25, 0.3) is 0 Å². The summed E-state index contributed by atoms with van der Waals surface area (Å²) in [5.74, 6) is 3.01. The molecule has 282 valence electrons. The van der Waals surface area contributed by atoms with Crippen molar-refractivity contribution < 1.29 is 27.5 Å². The monoisotopic (exact) mass is 758 g/mol. The number of rotatable bonds is 6. The number of sulfonamides is 1. The Kier molecular flexibility index (Phi) is 7.44.